The highest BCUT2D eigenvalue weighted by molar-refractivity contribution is 6.74. The van der Waals surface area contributed by atoms with Crippen LogP contribution in [0.1, 0.15) is 27.2 Å². The Balaban J connectivity index is 2.42. The number of ether oxygens (including phenoxy) is 1. The smallest absolute Gasteiger partial charge is 0.407 e. The Hall–Kier alpha value is -0.553. The van der Waals surface area contributed by atoms with E-state index >= 15 is 0 Å². The Morgan fingerprint density at radius 2 is 2.12 bits per heavy atom. The van der Waals surface area contributed by atoms with E-state index in [0.717, 1.165) is 6.42 Å². The largest absolute Gasteiger partial charge is 0.444 e. The molecule has 1 aliphatic rings. The monoisotopic (exact) mass is 245 g/mol. The molecule has 1 heterocycles. The second-order valence-corrected chi connectivity index (χ2v) is 10.6. The van der Waals surface area contributed by atoms with Crippen LogP contribution in [0.4, 0.5) is 4.79 Å². The van der Waals surface area contributed by atoms with Gasteiger partial charge in [-0.3, -0.25) is 0 Å². The number of carbonyl (C=O) groups excluding carboxylic acids is 1. The molecule has 0 aromatic rings. The van der Waals surface area contributed by atoms with Gasteiger partial charge in [-0.05, 0) is 18.1 Å². The summed E-state index contributed by atoms with van der Waals surface area (Å²) < 4.78 is 11.2. The summed E-state index contributed by atoms with van der Waals surface area (Å²) in [4.78, 5) is 11.0. The van der Waals surface area contributed by atoms with Crippen LogP contribution in [0.2, 0.25) is 18.1 Å². The summed E-state index contributed by atoms with van der Waals surface area (Å²) in [5.41, 5.74) is 0. The highest BCUT2D eigenvalue weighted by Gasteiger charge is 2.38. The van der Waals surface area contributed by atoms with Gasteiger partial charge in [-0.25, -0.2) is 4.79 Å². The van der Waals surface area contributed by atoms with Crippen molar-refractivity contribution in [3.05, 3.63) is 0 Å². The van der Waals surface area contributed by atoms with Crippen molar-refractivity contribution in [1.82, 2.24) is 5.32 Å². The van der Waals surface area contributed by atoms with Crippen molar-refractivity contribution in [3.8, 4) is 0 Å². The minimum absolute atomic E-state index is 0.0807. The maximum absolute atomic E-state index is 11.0. The number of rotatable bonds is 3. The zero-order valence-corrected chi connectivity index (χ0v) is 11.9. The van der Waals surface area contributed by atoms with E-state index in [0.29, 0.717) is 13.2 Å². The van der Waals surface area contributed by atoms with Crippen LogP contribution in [-0.4, -0.2) is 33.7 Å². The summed E-state index contributed by atoms with van der Waals surface area (Å²) in [5.74, 6) is 0. The fourth-order valence-corrected chi connectivity index (χ4v) is 2.26. The molecule has 0 aromatic heterocycles. The Morgan fingerprint density at radius 1 is 1.50 bits per heavy atom. The van der Waals surface area contributed by atoms with Crippen LogP contribution < -0.4 is 5.32 Å². The summed E-state index contributed by atoms with van der Waals surface area (Å²) in [5, 5.41) is 2.83. The Morgan fingerprint density at radius 3 is 2.62 bits per heavy atom. The fraction of sp³-hybridized carbons (Fsp3) is 0.909. The molecule has 0 saturated carbocycles. The molecule has 0 aromatic carbocycles. The predicted octanol–water partition coefficient (Wildman–Crippen LogP) is 2.51. The van der Waals surface area contributed by atoms with Crippen molar-refractivity contribution in [1.29, 1.82) is 0 Å². The first-order chi connectivity index (χ1) is 7.22. The third-order valence-electron chi connectivity index (χ3n) is 3.45. The standard InChI is InChI=1S/C11H23NO3Si/c1-11(2,3)16(4,5)14-8-9-6-7-12-10(13)15-9/h9H,6-8H2,1-5H3,(H,12,13)/t9-/m1/s1. The highest BCUT2D eigenvalue weighted by Crippen LogP contribution is 2.36. The SMILES string of the molecule is CC(C)(C)[Si](C)(C)OC[C@H]1CCNC(=O)O1. The third-order valence-corrected chi connectivity index (χ3v) is 7.95. The summed E-state index contributed by atoms with van der Waals surface area (Å²) in [6.07, 6.45) is 0.429. The maximum atomic E-state index is 11.0. The van der Waals surface area contributed by atoms with Gasteiger partial charge in [0, 0.05) is 13.0 Å². The van der Waals surface area contributed by atoms with Gasteiger partial charge in [0.15, 0.2) is 8.32 Å². The quantitative estimate of drug-likeness (QED) is 0.777. The molecule has 1 N–H and O–H groups in total. The molecule has 1 saturated heterocycles. The molecule has 1 atom stereocenters. The normalized spacial score (nSPS) is 22.6. The molecule has 1 amide bonds. The van der Waals surface area contributed by atoms with Gasteiger partial charge in [0.2, 0.25) is 0 Å². The molecular weight excluding hydrogens is 222 g/mol. The molecule has 4 nitrogen and oxygen atoms in total. The summed E-state index contributed by atoms with van der Waals surface area (Å²) >= 11 is 0. The molecule has 0 aliphatic carbocycles. The van der Waals surface area contributed by atoms with Crippen molar-refractivity contribution in [2.24, 2.45) is 0 Å². The van der Waals surface area contributed by atoms with Crippen molar-refractivity contribution >= 4 is 14.4 Å². The van der Waals surface area contributed by atoms with Crippen molar-refractivity contribution < 1.29 is 14.0 Å². The van der Waals surface area contributed by atoms with Crippen LogP contribution in [0.15, 0.2) is 0 Å². The molecule has 1 rings (SSSR count). The van der Waals surface area contributed by atoms with Gasteiger partial charge in [-0.1, -0.05) is 20.8 Å². The lowest BCUT2D eigenvalue weighted by Gasteiger charge is -2.37. The second kappa shape index (κ2) is 4.75. The van der Waals surface area contributed by atoms with E-state index < -0.39 is 8.32 Å². The molecule has 16 heavy (non-hydrogen) atoms. The Labute approximate surface area is 98.8 Å². The predicted molar refractivity (Wildman–Crippen MR) is 66.0 cm³/mol. The van der Waals surface area contributed by atoms with E-state index in [1.165, 1.54) is 0 Å². The molecule has 0 unspecified atom stereocenters. The summed E-state index contributed by atoms with van der Waals surface area (Å²) in [6.45, 7) is 12.2. The highest BCUT2D eigenvalue weighted by atomic mass is 28.4. The lowest BCUT2D eigenvalue weighted by atomic mass is 10.2. The lowest BCUT2D eigenvalue weighted by molar-refractivity contribution is 0.0406. The van der Waals surface area contributed by atoms with Gasteiger partial charge in [0.05, 0.1) is 6.61 Å². The minimum Gasteiger partial charge on any atom is -0.444 e. The van der Waals surface area contributed by atoms with E-state index in [4.69, 9.17) is 9.16 Å². The van der Waals surface area contributed by atoms with Gasteiger partial charge in [0.1, 0.15) is 6.10 Å². The Bertz CT molecular complexity index is 260. The molecule has 0 radical (unpaired) electrons. The maximum Gasteiger partial charge on any atom is 0.407 e. The van der Waals surface area contributed by atoms with Crippen LogP contribution in [0.5, 0.6) is 0 Å². The van der Waals surface area contributed by atoms with Crippen LogP contribution in [0.25, 0.3) is 0 Å². The fourth-order valence-electron chi connectivity index (χ4n) is 1.22. The van der Waals surface area contributed by atoms with Crippen molar-refractivity contribution in [2.45, 2.75) is 51.4 Å². The molecule has 0 spiro atoms. The number of hydrogen-bond acceptors (Lipinski definition) is 3. The minimum atomic E-state index is -1.72. The number of alkyl carbamates (subject to hydrolysis) is 1. The molecule has 0 bridgehead atoms. The van der Waals surface area contributed by atoms with Gasteiger partial charge in [0.25, 0.3) is 0 Å². The number of hydrogen-bond donors (Lipinski definition) is 1. The van der Waals surface area contributed by atoms with Crippen molar-refractivity contribution in [2.75, 3.05) is 13.2 Å². The topological polar surface area (TPSA) is 47.6 Å². The molecular formula is C11H23NO3Si. The first kappa shape index (κ1) is 13.5. The average molecular weight is 245 g/mol. The number of cyclic esters (lactones) is 1. The van der Waals surface area contributed by atoms with E-state index in [1.54, 1.807) is 0 Å². The van der Waals surface area contributed by atoms with Crippen molar-refractivity contribution in [3.63, 3.8) is 0 Å². The van der Waals surface area contributed by atoms with E-state index in [2.05, 4.69) is 39.2 Å². The zero-order valence-electron chi connectivity index (χ0n) is 10.9. The Kier molecular flexibility index (Phi) is 4.01. The summed E-state index contributed by atoms with van der Waals surface area (Å²) in [6, 6.07) is 0. The second-order valence-electron chi connectivity index (χ2n) is 5.81. The molecule has 1 fully saturated rings. The van der Waals surface area contributed by atoms with Crippen LogP contribution >= 0.6 is 0 Å². The van der Waals surface area contributed by atoms with Gasteiger partial charge < -0.3 is 14.5 Å². The van der Waals surface area contributed by atoms with Crippen LogP contribution in [-0.2, 0) is 9.16 Å². The molecule has 1 aliphatic heterocycles. The van der Waals surface area contributed by atoms with E-state index in [1.807, 2.05) is 0 Å². The number of amides is 1. The lowest BCUT2D eigenvalue weighted by Crippen LogP contribution is -2.46. The van der Waals surface area contributed by atoms with Gasteiger partial charge in [-0.2, -0.15) is 0 Å². The number of carbonyl (C=O) groups is 1. The third kappa shape index (κ3) is 3.49. The first-order valence-electron chi connectivity index (χ1n) is 5.81. The van der Waals surface area contributed by atoms with E-state index in [9.17, 15) is 4.79 Å². The van der Waals surface area contributed by atoms with Crippen LogP contribution in [0, 0.1) is 0 Å². The number of nitrogens with one attached hydrogen (secondary N) is 1. The van der Waals surface area contributed by atoms with Crippen LogP contribution in [0.3, 0.4) is 0 Å². The first-order valence-corrected chi connectivity index (χ1v) is 8.72. The van der Waals surface area contributed by atoms with Gasteiger partial charge >= 0.3 is 6.09 Å². The van der Waals surface area contributed by atoms with E-state index in [-0.39, 0.29) is 17.2 Å². The average Bonchev–Trinajstić information content (AvgIpc) is 2.13. The zero-order chi connectivity index (χ0) is 12.4. The molecule has 5 heteroatoms. The molecule has 94 valence electrons. The summed E-state index contributed by atoms with van der Waals surface area (Å²) in [7, 11) is -1.72. The van der Waals surface area contributed by atoms with Gasteiger partial charge in [-0.15, -0.1) is 0 Å².